The van der Waals surface area contributed by atoms with Crippen LogP contribution >= 0.6 is 0 Å². The van der Waals surface area contributed by atoms with Gasteiger partial charge in [-0.05, 0) is 6.92 Å². The number of hydrogen-bond acceptors (Lipinski definition) is 4. The lowest BCUT2D eigenvalue weighted by molar-refractivity contribution is -0.127. The van der Waals surface area contributed by atoms with Gasteiger partial charge in [-0.15, -0.1) is 0 Å². The normalized spacial score (nSPS) is 12.1. The molecule has 0 fully saturated rings. The Morgan fingerprint density at radius 3 is 2.00 bits per heavy atom. The van der Waals surface area contributed by atoms with Crippen LogP contribution in [0.4, 0.5) is 0 Å². The van der Waals surface area contributed by atoms with Crippen molar-refractivity contribution < 1.29 is 9.59 Å². The molecule has 9 heavy (non-hydrogen) atoms. The molecule has 0 aromatic carbocycles. The van der Waals surface area contributed by atoms with E-state index >= 15 is 0 Å². The quantitative estimate of drug-likeness (QED) is 0.281. The summed E-state index contributed by atoms with van der Waals surface area (Å²) < 4.78 is 0. The van der Waals surface area contributed by atoms with Crippen LogP contribution in [-0.2, 0) is 9.59 Å². The van der Waals surface area contributed by atoms with Crippen molar-refractivity contribution in [1.82, 2.24) is 0 Å². The van der Waals surface area contributed by atoms with Gasteiger partial charge in [-0.2, -0.15) is 0 Å². The molecular formula is C5H8N2O2. The maximum Gasteiger partial charge on any atom is 0.242 e. The van der Waals surface area contributed by atoms with Gasteiger partial charge in [0.2, 0.25) is 5.78 Å². The van der Waals surface area contributed by atoms with E-state index in [2.05, 4.69) is 0 Å². The molecule has 0 unspecified atom stereocenters. The van der Waals surface area contributed by atoms with Gasteiger partial charge in [-0.3, -0.25) is 9.59 Å². The van der Waals surface area contributed by atoms with Gasteiger partial charge in [0.15, 0.2) is 6.29 Å². The third-order valence-corrected chi connectivity index (χ3v) is 0.797. The molecule has 0 aromatic heterocycles. The Morgan fingerprint density at radius 1 is 1.44 bits per heavy atom. The zero-order valence-corrected chi connectivity index (χ0v) is 5.05. The summed E-state index contributed by atoms with van der Waals surface area (Å²) in [6.45, 7) is 1.46. The van der Waals surface area contributed by atoms with Crippen LogP contribution in [0.2, 0.25) is 0 Å². The van der Waals surface area contributed by atoms with Gasteiger partial charge in [-0.1, -0.05) is 0 Å². The summed E-state index contributed by atoms with van der Waals surface area (Å²) in [4.78, 5) is 20.1. The number of ketones is 1. The van der Waals surface area contributed by atoms with E-state index in [1.807, 2.05) is 0 Å². The van der Waals surface area contributed by atoms with E-state index in [1.165, 1.54) is 6.92 Å². The number of carbonyl (C=O) groups excluding carboxylic acids is 2. The summed E-state index contributed by atoms with van der Waals surface area (Å²) in [6, 6.07) is 0. The third kappa shape index (κ3) is 1.94. The van der Waals surface area contributed by atoms with Crippen molar-refractivity contribution in [2.45, 2.75) is 6.92 Å². The fourth-order valence-electron chi connectivity index (χ4n) is 0.258. The molecule has 0 aliphatic carbocycles. The summed E-state index contributed by atoms with van der Waals surface area (Å²) in [5.41, 5.74) is 10.1. The minimum Gasteiger partial charge on any atom is -0.400 e. The molecule has 0 radical (unpaired) electrons. The number of allylic oxidation sites excluding steroid dienone is 2. The first-order chi connectivity index (χ1) is 4.09. The first-order valence-electron chi connectivity index (χ1n) is 2.31. The van der Waals surface area contributed by atoms with E-state index in [9.17, 15) is 9.59 Å². The zero-order chi connectivity index (χ0) is 7.44. The molecule has 0 aliphatic heterocycles. The molecule has 0 saturated heterocycles. The molecule has 4 heteroatoms. The van der Waals surface area contributed by atoms with Gasteiger partial charge in [-0.25, -0.2) is 0 Å². The van der Waals surface area contributed by atoms with E-state index in [4.69, 9.17) is 11.5 Å². The van der Waals surface area contributed by atoms with E-state index in [0.29, 0.717) is 0 Å². The zero-order valence-electron chi connectivity index (χ0n) is 5.05. The number of carbonyl (C=O) groups is 2. The molecule has 0 aliphatic rings. The van der Waals surface area contributed by atoms with Gasteiger partial charge in [0.25, 0.3) is 0 Å². The highest BCUT2D eigenvalue weighted by Gasteiger charge is 2.03. The standard InChI is InChI=1S/C5H8N2O2/c1-3(6)5(7)4(9)2-8/h2H,6-7H2,1H3. The Morgan fingerprint density at radius 2 is 1.89 bits per heavy atom. The van der Waals surface area contributed by atoms with Gasteiger partial charge >= 0.3 is 0 Å². The fraction of sp³-hybridized carbons (Fsp3) is 0.200. The van der Waals surface area contributed by atoms with Crippen LogP contribution in [0, 0.1) is 0 Å². The smallest absolute Gasteiger partial charge is 0.242 e. The summed E-state index contributed by atoms with van der Waals surface area (Å²) in [6.07, 6.45) is 0.131. The van der Waals surface area contributed by atoms with Crippen molar-refractivity contribution in [2.24, 2.45) is 11.5 Å². The maximum atomic E-state index is 10.3. The van der Waals surface area contributed by atoms with Crippen molar-refractivity contribution in [3.8, 4) is 0 Å². The molecule has 0 amide bonds. The molecule has 0 atom stereocenters. The Bertz CT molecular complexity index is 168. The van der Waals surface area contributed by atoms with Crippen molar-refractivity contribution in [3.05, 3.63) is 11.4 Å². The molecule has 4 N–H and O–H groups in total. The number of aldehydes is 1. The third-order valence-electron chi connectivity index (χ3n) is 0.797. The first kappa shape index (κ1) is 7.68. The Kier molecular flexibility index (Phi) is 2.44. The minimum absolute atomic E-state index is 0.131. The second kappa shape index (κ2) is 2.86. The lowest BCUT2D eigenvalue weighted by Gasteiger charge is -1.93. The van der Waals surface area contributed by atoms with Crippen LogP contribution in [0.1, 0.15) is 6.92 Å². The largest absolute Gasteiger partial charge is 0.400 e. The molecule has 50 valence electrons. The molecule has 0 spiro atoms. The molecular weight excluding hydrogens is 120 g/mol. The van der Waals surface area contributed by atoms with Crippen LogP contribution in [0.25, 0.3) is 0 Å². The van der Waals surface area contributed by atoms with Crippen molar-refractivity contribution in [3.63, 3.8) is 0 Å². The summed E-state index contributed by atoms with van der Waals surface area (Å²) in [5.74, 6) is -0.769. The predicted molar refractivity (Wildman–Crippen MR) is 32.1 cm³/mol. The Balaban J connectivity index is 4.39. The summed E-state index contributed by atoms with van der Waals surface area (Å²) >= 11 is 0. The highest BCUT2D eigenvalue weighted by atomic mass is 16.2. The maximum absolute atomic E-state index is 10.3. The highest BCUT2D eigenvalue weighted by Crippen LogP contribution is 1.87. The van der Waals surface area contributed by atoms with Crippen molar-refractivity contribution in [1.29, 1.82) is 0 Å². The lowest BCUT2D eigenvalue weighted by Crippen LogP contribution is -2.17. The first-order valence-corrected chi connectivity index (χ1v) is 2.31. The number of Topliss-reactive ketones (excluding diaryl/α,β-unsaturated/α-hetero) is 1. The van der Waals surface area contributed by atoms with E-state index in [1.54, 1.807) is 0 Å². The van der Waals surface area contributed by atoms with Crippen molar-refractivity contribution >= 4 is 12.1 Å². The van der Waals surface area contributed by atoms with Gasteiger partial charge in [0, 0.05) is 5.70 Å². The van der Waals surface area contributed by atoms with E-state index < -0.39 is 5.78 Å². The van der Waals surface area contributed by atoms with Gasteiger partial charge < -0.3 is 11.5 Å². The average molecular weight is 128 g/mol. The van der Waals surface area contributed by atoms with Crippen LogP contribution in [0.5, 0.6) is 0 Å². The minimum atomic E-state index is -0.769. The lowest BCUT2D eigenvalue weighted by atomic mass is 10.3. The molecule has 0 aromatic rings. The van der Waals surface area contributed by atoms with Crippen LogP contribution in [-0.4, -0.2) is 12.1 Å². The van der Waals surface area contributed by atoms with Crippen LogP contribution in [0.3, 0.4) is 0 Å². The van der Waals surface area contributed by atoms with Gasteiger partial charge in [0.1, 0.15) is 5.70 Å². The summed E-state index contributed by atoms with van der Waals surface area (Å²) in [7, 11) is 0. The predicted octanol–water partition coefficient (Wildman–Crippen LogP) is -1.10. The number of hydrogen-bond donors (Lipinski definition) is 2. The molecule has 0 bridgehead atoms. The van der Waals surface area contributed by atoms with Crippen molar-refractivity contribution in [2.75, 3.05) is 0 Å². The van der Waals surface area contributed by atoms with Gasteiger partial charge in [0.05, 0.1) is 0 Å². The van der Waals surface area contributed by atoms with Crippen LogP contribution in [0.15, 0.2) is 11.4 Å². The molecule has 0 heterocycles. The summed E-state index contributed by atoms with van der Waals surface area (Å²) in [5, 5.41) is 0. The highest BCUT2D eigenvalue weighted by molar-refractivity contribution is 6.32. The number of nitrogens with two attached hydrogens (primary N) is 2. The molecule has 0 rings (SSSR count). The fourth-order valence-corrected chi connectivity index (χ4v) is 0.258. The second-order valence-electron chi connectivity index (χ2n) is 1.58. The SMILES string of the molecule is CC(N)=C(N)C(=O)C=O. The molecule has 0 saturated carbocycles. The monoisotopic (exact) mass is 128 g/mol. The Hall–Kier alpha value is -1.32. The Labute approximate surface area is 52.5 Å². The second-order valence-corrected chi connectivity index (χ2v) is 1.58. The average Bonchev–Trinajstić information content (AvgIpc) is 1.84. The number of rotatable bonds is 2. The topological polar surface area (TPSA) is 86.2 Å². The van der Waals surface area contributed by atoms with E-state index in [-0.39, 0.29) is 17.7 Å². The molecule has 4 nitrogen and oxygen atoms in total. The van der Waals surface area contributed by atoms with E-state index in [0.717, 1.165) is 0 Å². The van der Waals surface area contributed by atoms with Crippen LogP contribution < -0.4 is 11.5 Å².